The molecular formula is C64H79N9O19. The monoisotopic (exact) mass is 1280 g/mol. The summed E-state index contributed by atoms with van der Waals surface area (Å²) in [4.78, 5) is 171. The molecule has 494 valence electrons. The van der Waals surface area contributed by atoms with Crippen LogP contribution in [0.3, 0.4) is 0 Å². The Bertz CT molecular complexity index is 3250. The molecule has 0 radical (unpaired) electrons. The van der Waals surface area contributed by atoms with E-state index in [-0.39, 0.29) is 56.1 Å². The van der Waals surface area contributed by atoms with Gasteiger partial charge in [0.15, 0.2) is 6.04 Å². The van der Waals surface area contributed by atoms with E-state index < -0.39 is 144 Å². The fourth-order valence-corrected chi connectivity index (χ4v) is 8.86. The average molecular weight is 1280 g/mol. The number of aliphatic hydroxyl groups excluding tert-OH is 1. The predicted octanol–water partition coefficient (Wildman–Crippen LogP) is 2.62. The van der Waals surface area contributed by atoms with Crippen molar-refractivity contribution in [3.8, 4) is 5.75 Å². The van der Waals surface area contributed by atoms with E-state index in [9.17, 15) is 63.0 Å². The summed E-state index contributed by atoms with van der Waals surface area (Å²) >= 11 is 0. The molecule has 10 amide bonds. The van der Waals surface area contributed by atoms with Gasteiger partial charge in [-0.15, -0.1) is 5.06 Å². The van der Waals surface area contributed by atoms with Crippen LogP contribution in [-0.4, -0.2) is 159 Å². The molecule has 0 bridgehead atoms. The molecule has 1 fully saturated rings. The number of nitrogens with one attached hydrogen (secondary N) is 6. The number of nitrogens with two attached hydrogens (primary N) is 1. The summed E-state index contributed by atoms with van der Waals surface area (Å²) in [6.45, 7) is 9.29. The molecular weight excluding hydrogens is 1200 g/mol. The highest BCUT2D eigenvalue weighted by Crippen LogP contribution is 2.20. The first-order valence-corrected chi connectivity index (χ1v) is 29.4. The van der Waals surface area contributed by atoms with E-state index in [0.29, 0.717) is 21.8 Å². The average Bonchev–Trinajstić information content (AvgIpc) is 1.07. The smallest absolute Gasteiger partial charge is 0.408 e. The lowest BCUT2D eigenvalue weighted by Gasteiger charge is -2.31. The lowest BCUT2D eigenvalue weighted by atomic mass is 10.0. The molecule has 0 aliphatic carbocycles. The molecule has 0 saturated carbocycles. The first-order valence-electron chi connectivity index (χ1n) is 29.4. The number of amides is 10. The Morgan fingerprint density at radius 1 is 0.630 bits per heavy atom. The van der Waals surface area contributed by atoms with Crippen molar-refractivity contribution >= 4 is 77.5 Å². The number of likely N-dealkylation sites (N-methyl/N-ethyl adjacent to an activating group) is 1. The number of phenolic OH excluding ortho intramolecular Hbond substituents is 1. The molecule has 0 aromatic heterocycles. The first-order chi connectivity index (χ1) is 43.5. The van der Waals surface area contributed by atoms with Crippen LogP contribution in [0.1, 0.15) is 96.4 Å². The van der Waals surface area contributed by atoms with Gasteiger partial charge in [0, 0.05) is 26.3 Å². The number of alkyl carbamates (subject to hydrolysis) is 2. The molecule has 28 nitrogen and oxygen atoms in total. The van der Waals surface area contributed by atoms with E-state index in [1.165, 1.54) is 37.3 Å². The third kappa shape index (κ3) is 23.6. The molecule has 10 N–H and O–H groups in total. The lowest BCUT2D eigenvalue weighted by molar-refractivity contribution is -0.199. The molecule has 1 saturated heterocycles. The number of hydroxylamine groups is 2. The summed E-state index contributed by atoms with van der Waals surface area (Å²) in [5.41, 5.74) is 5.85. The van der Waals surface area contributed by atoms with E-state index >= 15 is 4.79 Å². The van der Waals surface area contributed by atoms with Gasteiger partial charge in [0.1, 0.15) is 60.0 Å². The number of carbonyl (C=O) groups is 12. The van der Waals surface area contributed by atoms with Crippen molar-refractivity contribution in [1.82, 2.24) is 41.9 Å². The Balaban J connectivity index is 1.50. The molecule has 1 aliphatic rings. The van der Waals surface area contributed by atoms with Crippen LogP contribution >= 0.6 is 0 Å². The predicted molar refractivity (Wildman–Crippen MR) is 327 cm³/mol. The van der Waals surface area contributed by atoms with E-state index in [1.807, 2.05) is 0 Å². The molecule has 0 spiro atoms. The molecule has 28 heteroatoms. The van der Waals surface area contributed by atoms with Crippen LogP contribution in [0.25, 0.3) is 6.08 Å². The van der Waals surface area contributed by atoms with E-state index in [2.05, 4.69) is 31.9 Å². The van der Waals surface area contributed by atoms with Crippen molar-refractivity contribution < 1.29 is 91.5 Å². The summed E-state index contributed by atoms with van der Waals surface area (Å²) in [5.74, 6) is -11.3. The third-order valence-corrected chi connectivity index (χ3v) is 13.5. The Labute approximate surface area is 531 Å². The van der Waals surface area contributed by atoms with Crippen molar-refractivity contribution in [2.24, 2.45) is 11.7 Å². The molecule has 4 aromatic rings. The Hall–Kier alpha value is -10.2. The van der Waals surface area contributed by atoms with Crippen LogP contribution in [0.4, 0.5) is 9.59 Å². The van der Waals surface area contributed by atoms with Crippen LogP contribution in [0.2, 0.25) is 0 Å². The number of ether oxygens (including phenoxy) is 4. The van der Waals surface area contributed by atoms with Gasteiger partial charge in [-0.3, -0.25) is 38.4 Å². The van der Waals surface area contributed by atoms with Gasteiger partial charge >= 0.3 is 24.1 Å². The van der Waals surface area contributed by atoms with Crippen LogP contribution in [0.5, 0.6) is 5.75 Å². The van der Waals surface area contributed by atoms with Crippen molar-refractivity contribution in [1.29, 1.82) is 0 Å². The van der Waals surface area contributed by atoms with E-state index in [1.54, 1.807) is 126 Å². The first kappa shape index (κ1) is 72.5. The van der Waals surface area contributed by atoms with Crippen LogP contribution < -0.4 is 37.6 Å². The summed E-state index contributed by atoms with van der Waals surface area (Å²) in [6, 6.07) is 20.1. The minimum absolute atomic E-state index is 0.0849. The largest absolute Gasteiger partial charge is 0.508 e. The van der Waals surface area contributed by atoms with Gasteiger partial charge < -0.3 is 76.5 Å². The zero-order chi connectivity index (χ0) is 67.8. The van der Waals surface area contributed by atoms with Gasteiger partial charge in [0.25, 0.3) is 23.6 Å². The molecule has 1 heterocycles. The number of hydrogen-bond donors (Lipinski definition) is 9. The van der Waals surface area contributed by atoms with Gasteiger partial charge in [-0.1, -0.05) is 117 Å². The van der Waals surface area contributed by atoms with Crippen molar-refractivity contribution in [3.63, 3.8) is 0 Å². The number of hydrogen-bond acceptors (Lipinski definition) is 19. The second kappa shape index (κ2) is 34.7. The quantitative estimate of drug-likeness (QED) is 0.0151. The number of benzene rings is 4. The van der Waals surface area contributed by atoms with Crippen LogP contribution in [0.15, 0.2) is 121 Å². The minimum atomic E-state index is -1.99. The number of aliphatic hydroxyl groups is 1. The number of imide groups is 1. The number of aromatic hydroxyl groups is 1. The zero-order valence-corrected chi connectivity index (χ0v) is 52.2. The van der Waals surface area contributed by atoms with E-state index in [0.717, 1.165) is 18.9 Å². The van der Waals surface area contributed by atoms with Crippen molar-refractivity contribution in [2.75, 3.05) is 13.7 Å². The maximum Gasteiger partial charge on any atom is 0.408 e. The number of esters is 1. The highest BCUT2D eigenvalue weighted by atomic mass is 16.7. The topological polar surface area (TPSA) is 396 Å². The number of primary amides is 1. The van der Waals surface area contributed by atoms with Gasteiger partial charge in [0.05, 0.1) is 25.7 Å². The lowest BCUT2D eigenvalue weighted by Crippen LogP contribution is -2.60. The Morgan fingerprint density at radius 3 is 1.70 bits per heavy atom. The normalized spacial score (nSPS) is 14.9. The number of nitrogens with zero attached hydrogens (tertiary/aromatic N) is 2. The molecule has 1 aliphatic heterocycles. The second-order valence-corrected chi connectivity index (χ2v) is 22.9. The maximum absolute atomic E-state index is 15.2. The summed E-state index contributed by atoms with van der Waals surface area (Å²) in [6.07, 6.45) is -6.08. The maximum atomic E-state index is 15.2. The number of phenols is 1. The SMILES string of the molecule is CC(C)C[C@H](NC(=O)/C(=C\c1ccc(O)cc1)N(C)C(=O)[C@@H](NC(=O)OCc1ccccc1)[C@@H](C)OC(=O)[C@H](COCc1ccccc1)NC(=O)[C@H](CC(N)=O)NC(=O)[C@@H](NC(=O)OC(C)(C)C)[C@H](C)O)C(=O)N[C@H](Cc1ccccc1)C(=O)ON1C(=O)CCC1=O. The van der Waals surface area contributed by atoms with Gasteiger partial charge in [-0.25, -0.2) is 19.2 Å². The zero-order valence-electron chi connectivity index (χ0n) is 52.2. The Kier molecular flexibility index (Phi) is 27.3. The van der Waals surface area contributed by atoms with Gasteiger partial charge in [-0.05, 0) is 87.4 Å². The van der Waals surface area contributed by atoms with Crippen molar-refractivity contribution in [3.05, 3.63) is 143 Å². The summed E-state index contributed by atoms with van der Waals surface area (Å²) in [7, 11) is 1.12. The van der Waals surface area contributed by atoms with E-state index in [4.69, 9.17) is 29.5 Å². The number of carbonyl (C=O) groups excluding carboxylic acids is 12. The van der Waals surface area contributed by atoms with Crippen LogP contribution in [-0.2, 0) is 91.4 Å². The minimum Gasteiger partial charge on any atom is -0.508 e. The Morgan fingerprint density at radius 2 is 1.15 bits per heavy atom. The molecule has 5 rings (SSSR count). The molecule has 4 aromatic carbocycles. The van der Waals surface area contributed by atoms with Crippen LogP contribution in [0, 0.1) is 5.92 Å². The fraction of sp³-hybridized carbons (Fsp3) is 0.406. The molecule has 8 atom stereocenters. The molecule has 0 unspecified atom stereocenters. The van der Waals surface area contributed by atoms with Crippen molar-refractivity contribution in [2.45, 2.75) is 148 Å². The highest BCUT2D eigenvalue weighted by Gasteiger charge is 2.40. The highest BCUT2D eigenvalue weighted by molar-refractivity contribution is 6.05. The number of rotatable bonds is 31. The van der Waals surface area contributed by atoms with Gasteiger partial charge in [0.2, 0.25) is 23.6 Å². The fourth-order valence-electron chi connectivity index (χ4n) is 8.86. The standard InChI is InChI=1S/C64H79N9O19/c1-37(2)30-45(55(79)68-47(31-40-18-12-9-13-19-40)61(85)92-73-51(77)28-29-52(73)78)66-57(81)49(32-41-24-26-44(75)27-25-41)72(8)59(83)54(71-62(86)89-35-43-22-16-11-17-23-43)39(4)90-60(84)48(36-88-34-42-20-14-10-15-21-42)69-56(80)46(33-50(65)76)67-58(82)53(38(3)74)70-63(87)91-64(5,6)7/h9-27,32,37-39,45-48,53-54,74-75H,28-31,33-36H2,1-8H3,(H2,65,76)(H,66,81)(H,67,82)(H,68,79)(H,69,80)(H,70,87)(H,71,86)/b49-32+/t38-,39+,45-,46-,47+,48-,53-,54-/m0/s1. The summed E-state index contributed by atoms with van der Waals surface area (Å²) in [5, 5.41) is 35.5. The second-order valence-electron chi connectivity index (χ2n) is 22.9. The van der Waals surface area contributed by atoms with Gasteiger partial charge in [-0.2, -0.15) is 0 Å². The summed E-state index contributed by atoms with van der Waals surface area (Å²) < 4.78 is 22.4. The third-order valence-electron chi connectivity index (χ3n) is 13.5. The molecule has 92 heavy (non-hydrogen) atoms.